The number of amides is 2. The highest BCUT2D eigenvalue weighted by Crippen LogP contribution is 2.35. The number of aromatic nitrogens is 2. The highest BCUT2D eigenvalue weighted by Gasteiger charge is 2.17. The molecule has 2 N–H and O–H groups in total. The fourth-order valence-electron chi connectivity index (χ4n) is 3.14. The molecule has 1 aliphatic rings. The zero-order chi connectivity index (χ0) is 19.6. The van der Waals surface area contributed by atoms with Gasteiger partial charge in [0.15, 0.2) is 11.5 Å². The minimum Gasteiger partial charge on any atom is -0.454 e. The van der Waals surface area contributed by atoms with Crippen molar-refractivity contribution in [1.29, 1.82) is 0 Å². The minimum absolute atomic E-state index is 0.105. The number of nitrogens with one attached hydrogen (secondary N) is 2. The Bertz CT molecular complexity index is 1200. The predicted octanol–water partition coefficient (Wildman–Crippen LogP) is 3.94. The van der Waals surface area contributed by atoms with Crippen LogP contribution in [0, 0.1) is 0 Å². The first-order valence-electron chi connectivity index (χ1n) is 9.01. The minimum atomic E-state index is -0.357. The van der Waals surface area contributed by atoms with Gasteiger partial charge in [0.05, 0.1) is 12.2 Å². The molecule has 4 aromatic rings. The summed E-state index contributed by atoms with van der Waals surface area (Å²) in [5.74, 6) is 2.03. The molecule has 0 radical (unpaired) electrons. The molecule has 3 aromatic carbocycles. The highest BCUT2D eigenvalue weighted by atomic mass is 16.7. The van der Waals surface area contributed by atoms with Gasteiger partial charge in [-0.25, -0.2) is 4.79 Å². The van der Waals surface area contributed by atoms with Gasteiger partial charge in [-0.15, -0.1) is 0 Å². The SMILES string of the molecule is O=C(NCc1nc(-c2ccc3c(c2)OCO3)no1)Nc1cccc2ccccc12. The van der Waals surface area contributed by atoms with E-state index in [1.54, 1.807) is 12.1 Å². The van der Waals surface area contributed by atoms with E-state index < -0.39 is 0 Å². The number of rotatable bonds is 4. The van der Waals surface area contributed by atoms with Crippen molar-refractivity contribution >= 4 is 22.5 Å². The van der Waals surface area contributed by atoms with E-state index in [-0.39, 0.29) is 19.4 Å². The van der Waals surface area contributed by atoms with Crippen LogP contribution < -0.4 is 20.1 Å². The Balaban J connectivity index is 1.24. The van der Waals surface area contributed by atoms with Crippen LogP contribution in [-0.4, -0.2) is 23.0 Å². The van der Waals surface area contributed by atoms with E-state index in [0.717, 1.165) is 22.0 Å². The summed E-state index contributed by atoms with van der Waals surface area (Å²) < 4.78 is 15.9. The molecule has 0 saturated heterocycles. The van der Waals surface area contributed by atoms with Crippen LogP contribution >= 0.6 is 0 Å². The Kier molecular flexibility index (Phi) is 4.21. The molecule has 5 rings (SSSR count). The first kappa shape index (κ1) is 17.1. The van der Waals surface area contributed by atoms with E-state index in [0.29, 0.717) is 23.2 Å². The van der Waals surface area contributed by atoms with Gasteiger partial charge in [0.25, 0.3) is 0 Å². The third-order valence-electron chi connectivity index (χ3n) is 4.54. The van der Waals surface area contributed by atoms with Gasteiger partial charge < -0.3 is 24.6 Å². The number of ether oxygens (including phenoxy) is 2. The lowest BCUT2D eigenvalue weighted by Gasteiger charge is -2.09. The van der Waals surface area contributed by atoms with Gasteiger partial charge in [0, 0.05) is 10.9 Å². The monoisotopic (exact) mass is 388 g/mol. The maximum absolute atomic E-state index is 12.3. The fourth-order valence-corrected chi connectivity index (χ4v) is 3.14. The first-order valence-corrected chi connectivity index (χ1v) is 9.01. The number of carbonyl (C=O) groups excluding carboxylic acids is 1. The summed E-state index contributed by atoms with van der Waals surface area (Å²) in [4.78, 5) is 16.6. The Morgan fingerprint density at radius 3 is 2.83 bits per heavy atom. The molecular weight excluding hydrogens is 372 g/mol. The zero-order valence-electron chi connectivity index (χ0n) is 15.2. The van der Waals surface area contributed by atoms with Crippen molar-refractivity contribution in [2.45, 2.75) is 6.54 Å². The van der Waals surface area contributed by atoms with Crippen molar-refractivity contribution in [2.75, 3.05) is 12.1 Å². The molecule has 2 heterocycles. The van der Waals surface area contributed by atoms with E-state index in [1.807, 2.05) is 48.5 Å². The first-order chi connectivity index (χ1) is 14.3. The van der Waals surface area contributed by atoms with Crippen LogP contribution in [-0.2, 0) is 6.54 Å². The number of carbonyl (C=O) groups is 1. The summed E-state index contributed by atoms with van der Waals surface area (Å²) >= 11 is 0. The van der Waals surface area contributed by atoms with Crippen LogP contribution in [0.3, 0.4) is 0 Å². The van der Waals surface area contributed by atoms with Crippen molar-refractivity contribution in [3.05, 3.63) is 66.6 Å². The van der Waals surface area contributed by atoms with E-state index >= 15 is 0 Å². The summed E-state index contributed by atoms with van der Waals surface area (Å²) in [6, 6.07) is 18.6. The third kappa shape index (κ3) is 3.43. The Morgan fingerprint density at radius 1 is 1.00 bits per heavy atom. The molecular formula is C21H16N4O4. The fraction of sp³-hybridized carbons (Fsp3) is 0.0952. The maximum atomic E-state index is 12.3. The lowest BCUT2D eigenvalue weighted by atomic mass is 10.1. The van der Waals surface area contributed by atoms with Crippen LogP contribution in [0.4, 0.5) is 10.5 Å². The van der Waals surface area contributed by atoms with Gasteiger partial charge in [-0.3, -0.25) is 0 Å². The number of fused-ring (bicyclic) bond motifs is 2. The molecule has 0 unspecified atom stereocenters. The van der Waals surface area contributed by atoms with E-state index in [4.69, 9.17) is 14.0 Å². The molecule has 0 fully saturated rings. The summed E-state index contributed by atoms with van der Waals surface area (Å²) in [6.45, 7) is 0.306. The number of urea groups is 1. The Morgan fingerprint density at radius 2 is 1.86 bits per heavy atom. The van der Waals surface area contributed by atoms with Crippen molar-refractivity contribution in [2.24, 2.45) is 0 Å². The summed E-state index contributed by atoms with van der Waals surface area (Å²) in [7, 11) is 0. The number of nitrogens with zero attached hydrogens (tertiary/aromatic N) is 2. The smallest absolute Gasteiger partial charge is 0.319 e. The number of hydrogen-bond acceptors (Lipinski definition) is 6. The van der Waals surface area contributed by atoms with Crippen molar-refractivity contribution in [3.8, 4) is 22.9 Å². The average Bonchev–Trinajstić information content (AvgIpc) is 3.41. The van der Waals surface area contributed by atoms with Gasteiger partial charge >= 0.3 is 6.03 Å². The van der Waals surface area contributed by atoms with E-state index in [1.165, 1.54) is 0 Å². The number of anilines is 1. The number of benzene rings is 3. The Labute approximate surface area is 165 Å². The van der Waals surface area contributed by atoms with Gasteiger partial charge in [0.2, 0.25) is 18.5 Å². The second-order valence-corrected chi connectivity index (χ2v) is 6.41. The zero-order valence-corrected chi connectivity index (χ0v) is 15.2. The summed E-state index contributed by atoms with van der Waals surface area (Å²) in [5.41, 5.74) is 1.47. The van der Waals surface area contributed by atoms with Crippen LogP contribution in [0.15, 0.2) is 65.2 Å². The second-order valence-electron chi connectivity index (χ2n) is 6.41. The predicted molar refractivity (Wildman–Crippen MR) is 106 cm³/mol. The van der Waals surface area contributed by atoms with Gasteiger partial charge in [-0.2, -0.15) is 4.98 Å². The van der Waals surface area contributed by atoms with Gasteiger partial charge in [-0.1, -0.05) is 41.6 Å². The second kappa shape index (κ2) is 7.16. The molecule has 8 nitrogen and oxygen atoms in total. The average molecular weight is 388 g/mol. The Hall–Kier alpha value is -4.07. The van der Waals surface area contributed by atoms with E-state index in [2.05, 4.69) is 20.8 Å². The quantitative estimate of drug-likeness (QED) is 0.549. The van der Waals surface area contributed by atoms with Gasteiger partial charge in [0.1, 0.15) is 0 Å². The molecule has 0 saturated carbocycles. The lowest BCUT2D eigenvalue weighted by Crippen LogP contribution is -2.28. The molecule has 0 spiro atoms. The largest absolute Gasteiger partial charge is 0.454 e. The number of hydrogen-bond donors (Lipinski definition) is 2. The highest BCUT2D eigenvalue weighted by molar-refractivity contribution is 6.01. The van der Waals surface area contributed by atoms with Crippen molar-refractivity contribution in [1.82, 2.24) is 15.5 Å². The van der Waals surface area contributed by atoms with Crippen molar-refractivity contribution < 1.29 is 18.8 Å². The molecule has 144 valence electrons. The van der Waals surface area contributed by atoms with E-state index in [9.17, 15) is 4.79 Å². The summed E-state index contributed by atoms with van der Waals surface area (Å²) in [5, 5.41) is 11.6. The molecule has 0 bridgehead atoms. The summed E-state index contributed by atoms with van der Waals surface area (Å²) in [6.07, 6.45) is 0. The van der Waals surface area contributed by atoms with Crippen LogP contribution in [0.5, 0.6) is 11.5 Å². The van der Waals surface area contributed by atoms with Crippen LogP contribution in [0.25, 0.3) is 22.2 Å². The topological polar surface area (TPSA) is 98.5 Å². The van der Waals surface area contributed by atoms with Crippen LogP contribution in [0.1, 0.15) is 5.89 Å². The molecule has 8 heteroatoms. The van der Waals surface area contributed by atoms with Gasteiger partial charge in [-0.05, 0) is 29.7 Å². The molecule has 1 aromatic heterocycles. The third-order valence-corrected chi connectivity index (χ3v) is 4.54. The molecule has 2 amide bonds. The maximum Gasteiger partial charge on any atom is 0.319 e. The molecule has 0 aliphatic carbocycles. The van der Waals surface area contributed by atoms with Crippen molar-refractivity contribution in [3.63, 3.8) is 0 Å². The molecule has 0 atom stereocenters. The van der Waals surface area contributed by atoms with Crippen LogP contribution in [0.2, 0.25) is 0 Å². The standard InChI is InChI=1S/C21H16N4O4/c26-21(23-16-7-3-5-13-4-1-2-6-15(13)16)22-11-19-24-20(25-29-19)14-8-9-17-18(10-14)28-12-27-17/h1-10H,11-12H2,(H2,22,23,26). The lowest BCUT2D eigenvalue weighted by molar-refractivity contribution is 0.174. The molecule has 1 aliphatic heterocycles. The molecule has 29 heavy (non-hydrogen) atoms. The normalized spacial score (nSPS) is 12.1.